The molecule has 0 aromatic carbocycles. The lowest BCUT2D eigenvalue weighted by Gasteiger charge is -2.32. The second-order valence-electron chi connectivity index (χ2n) is 3.88. The molecule has 0 aromatic rings. The standard InChI is InChI=1S/C8H14N2OS/c11-7-5-8(6-10(7)12)1-3-9-4-2-8/h9,12H,1-6H2. The number of rotatable bonds is 0. The number of thiol groups is 1. The molecule has 0 radical (unpaired) electrons. The lowest BCUT2D eigenvalue weighted by Crippen LogP contribution is -2.37. The van der Waals surface area contributed by atoms with Crippen molar-refractivity contribution in [2.75, 3.05) is 19.6 Å². The van der Waals surface area contributed by atoms with Gasteiger partial charge in [0.1, 0.15) is 0 Å². The van der Waals surface area contributed by atoms with Gasteiger partial charge in [0, 0.05) is 18.4 Å². The number of carbonyl (C=O) groups is 1. The van der Waals surface area contributed by atoms with Crippen molar-refractivity contribution >= 4 is 18.7 Å². The van der Waals surface area contributed by atoms with Gasteiger partial charge in [0.05, 0.1) is 0 Å². The third kappa shape index (κ3) is 1.33. The van der Waals surface area contributed by atoms with E-state index in [2.05, 4.69) is 18.1 Å². The molecule has 2 saturated heterocycles. The van der Waals surface area contributed by atoms with Crippen LogP contribution in [-0.2, 0) is 4.79 Å². The summed E-state index contributed by atoms with van der Waals surface area (Å²) in [4.78, 5) is 11.3. The molecule has 1 spiro atoms. The van der Waals surface area contributed by atoms with Gasteiger partial charge in [0.15, 0.2) is 0 Å². The Kier molecular flexibility index (Phi) is 2.04. The highest BCUT2D eigenvalue weighted by atomic mass is 32.1. The predicted octanol–water partition coefficient (Wildman–Crippen LogP) is 0.433. The smallest absolute Gasteiger partial charge is 0.232 e. The molecule has 0 unspecified atom stereocenters. The van der Waals surface area contributed by atoms with Gasteiger partial charge in [0.2, 0.25) is 5.91 Å². The number of amides is 1. The third-order valence-electron chi connectivity index (χ3n) is 2.96. The summed E-state index contributed by atoms with van der Waals surface area (Å²) in [5, 5.41) is 3.31. The average molecular weight is 186 g/mol. The lowest BCUT2D eigenvalue weighted by atomic mass is 9.78. The molecule has 2 rings (SSSR count). The molecule has 3 nitrogen and oxygen atoms in total. The summed E-state index contributed by atoms with van der Waals surface area (Å²) in [6.45, 7) is 2.94. The summed E-state index contributed by atoms with van der Waals surface area (Å²) in [5.41, 5.74) is 0.254. The summed E-state index contributed by atoms with van der Waals surface area (Å²) in [6, 6.07) is 0. The fraction of sp³-hybridized carbons (Fsp3) is 0.875. The highest BCUT2D eigenvalue weighted by Gasteiger charge is 2.42. The Balaban J connectivity index is 2.07. The molecule has 2 aliphatic heterocycles. The van der Waals surface area contributed by atoms with Gasteiger partial charge >= 0.3 is 0 Å². The van der Waals surface area contributed by atoms with E-state index in [0.717, 1.165) is 32.5 Å². The van der Waals surface area contributed by atoms with Crippen LogP contribution in [0.2, 0.25) is 0 Å². The van der Waals surface area contributed by atoms with Gasteiger partial charge < -0.3 is 5.32 Å². The number of nitrogens with zero attached hydrogens (tertiary/aromatic N) is 1. The van der Waals surface area contributed by atoms with E-state index < -0.39 is 0 Å². The van der Waals surface area contributed by atoms with E-state index in [0.29, 0.717) is 6.42 Å². The molecule has 0 atom stereocenters. The molecule has 4 heteroatoms. The average Bonchev–Trinajstić information content (AvgIpc) is 2.29. The van der Waals surface area contributed by atoms with E-state index in [9.17, 15) is 4.79 Å². The number of nitrogens with one attached hydrogen (secondary N) is 1. The minimum absolute atomic E-state index is 0.195. The Morgan fingerprint density at radius 1 is 1.42 bits per heavy atom. The highest BCUT2D eigenvalue weighted by molar-refractivity contribution is 7.78. The molecule has 1 amide bonds. The molecular weight excluding hydrogens is 172 g/mol. The summed E-state index contributed by atoms with van der Waals surface area (Å²) in [5.74, 6) is 0.195. The second kappa shape index (κ2) is 2.92. The molecule has 2 aliphatic rings. The van der Waals surface area contributed by atoms with Gasteiger partial charge in [-0.25, -0.2) is 0 Å². The SMILES string of the molecule is O=C1CC2(CCNCC2)CN1S. The lowest BCUT2D eigenvalue weighted by molar-refractivity contribution is -0.123. The zero-order chi connectivity index (χ0) is 8.60. The molecule has 0 aromatic heterocycles. The van der Waals surface area contributed by atoms with Crippen LogP contribution in [0, 0.1) is 5.41 Å². The molecule has 0 bridgehead atoms. The van der Waals surface area contributed by atoms with Crippen molar-refractivity contribution < 1.29 is 4.79 Å². The summed E-state index contributed by atoms with van der Waals surface area (Å²) >= 11 is 4.13. The van der Waals surface area contributed by atoms with E-state index in [4.69, 9.17) is 0 Å². The van der Waals surface area contributed by atoms with Gasteiger partial charge in [-0.05, 0) is 25.9 Å². The third-order valence-corrected chi connectivity index (χ3v) is 3.33. The molecule has 2 heterocycles. The number of carbonyl (C=O) groups excluding carboxylic acids is 1. The van der Waals surface area contributed by atoms with Crippen LogP contribution in [-0.4, -0.2) is 29.8 Å². The van der Waals surface area contributed by atoms with Crippen LogP contribution in [0.4, 0.5) is 0 Å². The molecule has 12 heavy (non-hydrogen) atoms. The first-order valence-corrected chi connectivity index (χ1v) is 4.82. The Bertz CT molecular complexity index is 201. The molecule has 0 saturated carbocycles. The van der Waals surface area contributed by atoms with Crippen LogP contribution in [0.25, 0.3) is 0 Å². The fourth-order valence-electron chi connectivity index (χ4n) is 2.17. The van der Waals surface area contributed by atoms with E-state index in [1.807, 2.05) is 0 Å². The Labute approximate surface area is 78.0 Å². The van der Waals surface area contributed by atoms with Crippen molar-refractivity contribution in [1.29, 1.82) is 0 Å². The van der Waals surface area contributed by atoms with Gasteiger partial charge in [-0.2, -0.15) is 0 Å². The minimum atomic E-state index is 0.195. The van der Waals surface area contributed by atoms with Crippen LogP contribution in [0.1, 0.15) is 19.3 Å². The van der Waals surface area contributed by atoms with Gasteiger partial charge in [-0.15, -0.1) is 0 Å². The highest BCUT2D eigenvalue weighted by Crippen LogP contribution is 2.39. The molecule has 0 aliphatic carbocycles. The Morgan fingerprint density at radius 2 is 2.08 bits per heavy atom. The van der Waals surface area contributed by atoms with Gasteiger partial charge in [-0.3, -0.25) is 9.10 Å². The van der Waals surface area contributed by atoms with Crippen molar-refractivity contribution in [2.24, 2.45) is 5.41 Å². The predicted molar refractivity (Wildman–Crippen MR) is 49.9 cm³/mol. The summed E-state index contributed by atoms with van der Waals surface area (Å²) in [7, 11) is 0. The number of hydrogen-bond donors (Lipinski definition) is 2. The maximum atomic E-state index is 11.3. The quantitative estimate of drug-likeness (QED) is 0.538. The molecule has 2 fully saturated rings. The topological polar surface area (TPSA) is 32.3 Å². The van der Waals surface area contributed by atoms with Crippen molar-refractivity contribution in [3.8, 4) is 0 Å². The first-order valence-electron chi connectivity index (χ1n) is 4.42. The van der Waals surface area contributed by atoms with Crippen molar-refractivity contribution in [2.45, 2.75) is 19.3 Å². The van der Waals surface area contributed by atoms with Crippen LogP contribution in [0.15, 0.2) is 0 Å². The van der Waals surface area contributed by atoms with E-state index >= 15 is 0 Å². The second-order valence-corrected chi connectivity index (χ2v) is 4.36. The van der Waals surface area contributed by atoms with Crippen molar-refractivity contribution in [3.63, 3.8) is 0 Å². The zero-order valence-electron chi connectivity index (χ0n) is 7.05. The van der Waals surface area contributed by atoms with E-state index in [1.54, 1.807) is 4.31 Å². The molecule has 1 N–H and O–H groups in total. The molecular formula is C8H14N2OS. The number of piperidine rings is 1. The van der Waals surface area contributed by atoms with Crippen LogP contribution >= 0.6 is 12.8 Å². The first kappa shape index (κ1) is 8.38. The van der Waals surface area contributed by atoms with Crippen LogP contribution in [0.5, 0.6) is 0 Å². The van der Waals surface area contributed by atoms with Crippen LogP contribution in [0.3, 0.4) is 0 Å². The fourth-order valence-corrected chi connectivity index (χ4v) is 2.54. The van der Waals surface area contributed by atoms with Gasteiger partial charge in [-0.1, -0.05) is 12.8 Å². The Hall–Kier alpha value is -0.220. The van der Waals surface area contributed by atoms with E-state index in [1.165, 1.54) is 0 Å². The zero-order valence-corrected chi connectivity index (χ0v) is 7.94. The van der Waals surface area contributed by atoms with Crippen molar-refractivity contribution in [3.05, 3.63) is 0 Å². The van der Waals surface area contributed by atoms with E-state index in [-0.39, 0.29) is 11.3 Å². The Morgan fingerprint density at radius 3 is 2.58 bits per heavy atom. The molecule has 68 valence electrons. The van der Waals surface area contributed by atoms with Gasteiger partial charge in [0.25, 0.3) is 0 Å². The largest absolute Gasteiger partial charge is 0.317 e. The minimum Gasteiger partial charge on any atom is -0.317 e. The number of hydrogen-bond acceptors (Lipinski definition) is 3. The summed E-state index contributed by atoms with van der Waals surface area (Å²) < 4.78 is 1.57. The van der Waals surface area contributed by atoms with Crippen molar-refractivity contribution in [1.82, 2.24) is 9.62 Å². The maximum Gasteiger partial charge on any atom is 0.232 e. The summed E-state index contributed by atoms with van der Waals surface area (Å²) in [6.07, 6.45) is 2.95. The monoisotopic (exact) mass is 186 g/mol. The maximum absolute atomic E-state index is 11.3. The van der Waals surface area contributed by atoms with Crippen LogP contribution < -0.4 is 5.32 Å². The normalized spacial score (nSPS) is 28.4. The first-order chi connectivity index (χ1) is 5.72.